The smallest absolute Gasteiger partial charge is 0.407 e. The predicted octanol–water partition coefficient (Wildman–Crippen LogP) is 3.24. The van der Waals surface area contributed by atoms with E-state index in [0.717, 1.165) is 0 Å². The SMILES string of the molecule is CO[C@@H]1[C@@H](n2cc(-c3ccc(C)c(F)c3F)nn2)[C@@H](O)[C@@H](CO)O[C@@H]1Cc1cc(C(C)(C)CNC(=O)OC(C)(C)C)no1. The molecule has 0 saturated carbocycles. The van der Waals surface area contributed by atoms with Crippen LogP contribution in [0, 0.1) is 18.6 Å². The van der Waals surface area contributed by atoms with Gasteiger partial charge in [-0.1, -0.05) is 30.3 Å². The first-order chi connectivity index (χ1) is 20.1. The summed E-state index contributed by atoms with van der Waals surface area (Å²) in [6, 6.07) is 3.68. The number of hydrogen-bond donors (Lipinski definition) is 3. The second-order valence-corrected chi connectivity index (χ2v) is 12.3. The zero-order chi connectivity index (χ0) is 31.7. The van der Waals surface area contributed by atoms with Crippen LogP contribution in [0.3, 0.4) is 0 Å². The average Bonchev–Trinajstić information content (AvgIpc) is 3.61. The van der Waals surface area contributed by atoms with E-state index in [0.29, 0.717) is 11.5 Å². The number of ether oxygens (including phenoxy) is 3. The molecule has 1 aromatic carbocycles. The molecule has 2 aromatic heterocycles. The third-order valence-electron chi connectivity index (χ3n) is 7.33. The highest BCUT2D eigenvalue weighted by Gasteiger charge is 2.47. The number of methoxy groups -OCH3 is 1. The Hall–Kier alpha value is -3.46. The van der Waals surface area contributed by atoms with E-state index in [-0.39, 0.29) is 29.8 Å². The van der Waals surface area contributed by atoms with E-state index in [1.54, 1.807) is 26.8 Å². The number of amides is 1. The van der Waals surface area contributed by atoms with E-state index in [9.17, 15) is 23.8 Å². The molecule has 0 unspecified atom stereocenters. The highest BCUT2D eigenvalue weighted by molar-refractivity contribution is 5.67. The Morgan fingerprint density at radius 3 is 2.53 bits per heavy atom. The van der Waals surface area contributed by atoms with Crippen molar-refractivity contribution in [3.63, 3.8) is 0 Å². The van der Waals surface area contributed by atoms with Gasteiger partial charge in [0.1, 0.15) is 41.4 Å². The van der Waals surface area contributed by atoms with Gasteiger partial charge < -0.3 is 34.3 Å². The number of aryl methyl sites for hydroxylation is 1. The number of benzene rings is 1. The Balaban J connectivity index is 1.54. The lowest BCUT2D eigenvalue weighted by Gasteiger charge is -2.43. The number of aliphatic hydroxyl groups is 2. The van der Waals surface area contributed by atoms with E-state index in [4.69, 9.17) is 18.7 Å². The molecule has 0 spiro atoms. The molecule has 43 heavy (non-hydrogen) atoms. The summed E-state index contributed by atoms with van der Waals surface area (Å²) in [5.74, 6) is -1.60. The fourth-order valence-corrected chi connectivity index (χ4v) is 4.94. The largest absolute Gasteiger partial charge is 0.444 e. The highest BCUT2D eigenvalue weighted by atomic mass is 19.2. The zero-order valence-electron chi connectivity index (χ0n) is 25.3. The van der Waals surface area contributed by atoms with Crippen LogP contribution in [0.1, 0.15) is 57.7 Å². The minimum absolute atomic E-state index is 0.0594. The molecule has 236 valence electrons. The fraction of sp³-hybridized carbons (Fsp3) is 0.586. The van der Waals surface area contributed by atoms with Crippen molar-refractivity contribution in [1.82, 2.24) is 25.5 Å². The summed E-state index contributed by atoms with van der Waals surface area (Å²) in [5, 5.41) is 36.1. The monoisotopic (exact) mass is 607 g/mol. The molecular weight excluding hydrogens is 568 g/mol. The second-order valence-electron chi connectivity index (χ2n) is 12.3. The standard InChI is InChI=1S/C29H39F2N5O7/c1-15-8-9-17(23(31)22(15)30)18-12-36(35-33-18)24-25(38)20(13-37)41-19(26(24)40-7)10-16-11-21(34-43-16)29(5,6)14-32-27(39)42-28(2,3)4/h8-9,11-12,19-20,24-26,37-38H,10,13-14H2,1-7H3,(H,32,39)/t19-,20-,24+,25+,26+/m1/s1. The number of hydrogen-bond acceptors (Lipinski definition) is 10. The van der Waals surface area contributed by atoms with Gasteiger partial charge in [-0.05, 0) is 39.3 Å². The van der Waals surface area contributed by atoms with Crippen molar-refractivity contribution in [2.75, 3.05) is 20.3 Å². The molecule has 5 atom stereocenters. The Bertz CT molecular complexity index is 1420. The molecule has 0 radical (unpaired) electrons. The molecule has 12 nitrogen and oxygen atoms in total. The van der Waals surface area contributed by atoms with Gasteiger partial charge in [0.2, 0.25) is 0 Å². The van der Waals surface area contributed by atoms with Crippen LogP contribution in [0.5, 0.6) is 0 Å². The maximum absolute atomic E-state index is 14.7. The number of nitrogens with one attached hydrogen (secondary N) is 1. The van der Waals surface area contributed by atoms with Crippen LogP contribution in [0.4, 0.5) is 13.6 Å². The molecular formula is C29H39F2N5O7. The maximum Gasteiger partial charge on any atom is 0.407 e. The van der Waals surface area contributed by atoms with Crippen LogP contribution < -0.4 is 5.32 Å². The van der Waals surface area contributed by atoms with Crippen molar-refractivity contribution in [2.45, 2.75) is 89.4 Å². The van der Waals surface area contributed by atoms with Crippen LogP contribution >= 0.6 is 0 Å². The number of nitrogens with zero attached hydrogens (tertiary/aromatic N) is 4. The Morgan fingerprint density at radius 1 is 1.16 bits per heavy atom. The zero-order valence-corrected chi connectivity index (χ0v) is 25.3. The summed E-state index contributed by atoms with van der Waals surface area (Å²) in [4.78, 5) is 12.1. The Morgan fingerprint density at radius 2 is 1.88 bits per heavy atom. The number of aliphatic hydroxyl groups excluding tert-OH is 2. The second kappa shape index (κ2) is 12.6. The molecule has 3 aromatic rings. The number of carbonyl (C=O) groups excluding carboxylic acids is 1. The molecule has 1 amide bonds. The number of alkyl carbamates (subject to hydrolysis) is 1. The Kier molecular flexibility index (Phi) is 9.54. The summed E-state index contributed by atoms with van der Waals surface area (Å²) in [6.07, 6.45) is -2.85. The van der Waals surface area contributed by atoms with E-state index >= 15 is 0 Å². The average molecular weight is 608 g/mol. The van der Waals surface area contributed by atoms with Crippen LogP contribution in [0.2, 0.25) is 0 Å². The first-order valence-corrected chi connectivity index (χ1v) is 13.9. The van der Waals surface area contributed by atoms with Gasteiger partial charge in [-0.2, -0.15) is 0 Å². The summed E-state index contributed by atoms with van der Waals surface area (Å²) in [7, 11) is 1.43. The number of halogens is 2. The fourth-order valence-electron chi connectivity index (χ4n) is 4.94. The minimum Gasteiger partial charge on any atom is -0.444 e. The lowest BCUT2D eigenvalue weighted by Crippen LogP contribution is -2.57. The predicted molar refractivity (Wildman–Crippen MR) is 149 cm³/mol. The summed E-state index contributed by atoms with van der Waals surface area (Å²) < 4.78 is 52.8. The molecule has 1 aliphatic rings. The third-order valence-corrected chi connectivity index (χ3v) is 7.33. The van der Waals surface area contributed by atoms with Crippen LogP contribution in [-0.2, 0) is 26.0 Å². The van der Waals surface area contributed by atoms with Gasteiger partial charge >= 0.3 is 6.09 Å². The van der Waals surface area contributed by atoms with E-state index in [1.807, 2.05) is 13.8 Å². The van der Waals surface area contributed by atoms with Gasteiger partial charge in [0.05, 0.1) is 24.6 Å². The molecule has 1 saturated heterocycles. The normalized spacial score (nSPS) is 22.9. The molecule has 0 aliphatic carbocycles. The number of aromatic nitrogens is 4. The maximum atomic E-state index is 14.7. The van der Waals surface area contributed by atoms with Crippen molar-refractivity contribution in [3.8, 4) is 11.3 Å². The van der Waals surface area contributed by atoms with E-state index in [2.05, 4.69) is 20.8 Å². The molecule has 4 rings (SSSR count). The van der Waals surface area contributed by atoms with E-state index < -0.39 is 65.8 Å². The van der Waals surface area contributed by atoms with Gasteiger partial charge in [-0.25, -0.2) is 18.3 Å². The lowest BCUT2D eigenvalue weighted by atomic mass is 9.88. The van der Waals surface area contributed by atoms with Crippen molar-refractivity contribution in [1.29, 1.82) is 0 Å². The van der Waals surface area contributed by atoms with Crippen LogP contribution in [0.25, 0.3) is 11.3 Å². The van der Waals surface area contributed by atoms with Crippen molar-refractivity contribution in [3.05, 3.63) is 53.0 Å². The van der Waals surface area contributed by atoms with Crippen molar-refractivity contribution < 1.29 is 42.5 Å². The minimum atomic E-state index is -1.27. The third kappa shape index (κ3) is 7.20. The summed E-state index contributed by atoms with van der Waals surface area (Å²) >= 11 is 0. The molecule has 0 bridgehead atoms. The van der Waals surface area contributed by atoms with Gasteiger partial charge in [0.25, 0.3) is 0 Å². The first kappa shape index (κ1) is 32.5. The first-order valence-electron chi connectivity index (χ1n) is 13.9. The van der Waals surface area contributed by atoms with Crippen LogP contribution in [0.15, 0.2) is 28.9 Å². The number of rotatable bonds is 9. The molecule has 1 fully saturated rings. The molecule has 14 heteroatoms. The van der Waals surface area contributed by atoms with Gasteiger partial charge in [0, 0.05) is 37.1 Å². The topological polar surface area (TPSA) is 154 Å². The lowest BCUT2D eigenvalue weighted by molar-refractivity contribution is -0.212. The highest BCUT2D eigenvalue weighted by Crippen LogP contribution is 2.35. The molecule has 1 aliphatic heterocycles. The van der Waals surface area contributed by atoms with Crippen molar-refractivity contribution in [2.24, 2.45) is 0 Å². The van der Waals surface area contributed by atoms with E-state index in [1.165, 1.54) is 37.0 Å². The van der Waals surface area contributed by atoms with Crippen LogP contribution in [-0.4, -0.2) is 86.7 Å². The molecule has 3 heterocycles. The van der Waals surface area contributed by atoms with Gasteiger partial charge in [-0.3, -0.25) is 0 Å². The molecule has 3 N–H and O–H groups in total. The van der Waals surface area contributed by atoms with Gasteiger partial charge in [0.15, 0.2) is 11.6 Å². The van der Waals surface area contributed by atoms with Crippen molar-refractivity contribution >= 4 is 6.09 Å². The number of carbonyl (C=O) groups is 1. The quantitative estimate of drug-likeness (QED) is 0.330. The summed E-state index contributed by atoms with van der Waals surface area (Å²) in [5.41, 5.74) is -0.539. The summed E-state index contributed by atoms with van der Waals surface area (Å²) in [6.45, 7) is 10.3. The Labute approximate surface area is 248 Å². The van der Waals surface area contributed by atoms with Gasteiger partial charge in [-0.15, -0.1) is 5.10 Å².